The van der Waals surface area contributed by atoms with Crippen molar-refractivity contribution < 1.29 is 9.18 Å². The number of rotatable bonds is 4. The number of benzene rings is 2. The number of nitrogens with zero attached hydrogens (tertiary/aromatic N) is 2. The number of hydrogen-bond acceptors (Lipinski definition) is 2. The van der Waals surface area contributed by atoms with Gasteiger partial charge in [-0.2, -0.15) is 5.10 Å². The molecular weight excluding hydrogens is 385 g/mol. The second-order valence-corrected chi connectivity index (χ2v) is 6.73. The van der Waals surface area contributed by atoms with Crippen LogP contribution in [0.4, 0.5) is 4.39 Å². The van der Waals surface area contributed by atoms with E-state index in [0.717, 1.165) is 21.4 Å². The van der Waals surface area contributed by atoms with Crippen LogP contribution in [0.2, 0.25) is 0 Å². The minimum absolute atomic E-state index is 0.110. The normalized spacial score (nSPS) is 10.7. The molecule has 0 atom stereocenters. The molecule has 0 bridgehead atoms. The lowest BCUT2D eigenvalue weighted by Gasteiger charge is -2.08. The summed E-state index contributed by atoms with van der Waals surface area (Å²) in [4.78, 5) is 12.4. The van der Waals surface area contributed by atoms with Crippen LogP contribution >= 0.6 is 15.9 Å². The lowest BCUT2D eigenvalue weighted by atomic mass is 10.2. The molecule has 0 spiro atoms. The minimum Gasteiger partial charge on any atom is -0.348 e. The van der Waals surface area contributed by atoms with E-state index in [1.165, 1.54) is 12.3 Å². The van der Waals surface area contributed by atoms with Crippen LogP contribution in [0.25, 0.3) is 5.69 Å². The number of amides is 1. The third kappa shape index (κ3) is 3.79. The fourth-order valence-electron chi connectivity index (χ4n) is 2.60. The number of carbonyl (C=O) groups is 1. The van der Waals surface area contributed by atoms with Crippen molar-refractivity contribution in [2.24, 2.45) is 0 Å². The predicted octanol–water partition coefficient (Wildman–Crippen LogP) is 4.32. The van der Waals surface area contributed by atoms with E-state index in [9.17, 15) is 9.18 Å². The Morgan fingerprint density at radius 2 is 2.04 bits per heavy atom. The molecule has 0 aliphatic heterocycles. The van der Waals surface area contributed by atoms with Gasteiger partial charge in [-0.1, -0.05) is 28.1 Å². The molecule has 0 unspecified atom stereocenters. The Morgan fingerprint density at radius 3 is 2.80 bits per heavy atom. The number of nitrogens with one attached hydrogen (secondary N) is 1. The molecule has 0 saturated carbocycles. The molecule has 0 aliphatic rings. The van der Waals surface area contributed by atoms with Crippen molar-refractivity contribution in [2.75, 3.05) is 0 Å². The number of carbonyl (C=O) groups excluding carboxylic acids is 1. The molecule has 0 radical (unpaired) electrons. The van der Waals surface area contributed by atoms with Crippen molar-refractivity contribution >= 4 is 21.8 Å². The van der Waals surface area contributed by atoms with E-state index in [1.807, 2.05) is 38.1 Å². The van der Waals surface area contributed by atoms with Crippen LogP contribution in [0.5, 0.6) is 0 Å². The highest BCUT2D eigenvalue weighted by Crippen LogP contribution is 2.17. The standard InChI is InChI=1S/C19H17BrFN3O/c1-12-4-3-5-16(8-12)24-13(2)17(11-23-24)19(25)22-10-14-9-15(20)6-7-18(14)21/h3-9,11H,10H2,1-2H3,(H,22,25). The molecule has 1 N–H and O–H groups in total. The van der Waals surface area contributed by atoms with Crippen LogP contribution in [0.1, 0.15) is 27.2 Å². The summed E-state index contributed by atoms with van der Waals surface area (Å²) in [7, 11) is 0. The second-order valence-electron chi connectivity index (χ2n) is 5.81. The Hall–Kier alpha value is -2.47. The van der Waals surface area contributed by atoms with Crippen molar-refractivity contribution in [3.05, 3.63) is 81.3 Å². The van der Waals surface area contributed by atoms with Crippen LogP contribution in [0, 0.1) is 19.7 Å². The molecule has 1 amide bonds. The highest BCUT2D eigenvalue weighted by molar-refractivity contribution is 9.10. The summed E-state index contributed by atoms with van der Waals surface area (Å²) in [6.45, 7) is 3.95. The first-order valence-electron chi connectivity index (χ1n) is 7.79. The van der Waals surface area contributed by atoms with Gasteiger partial charge in [0.2, 0.25) is 0 Å². The summed E-state index contributed by atoms with van der Waals surface area (Å²) in [5, 5.41) is 7.06. The Bertz CT molecular complexity index is 936. The van der Waals surface area contributed by atoms with Crippen molar-refractivity contribution in [2.45, 2.75) is 20.4 Å². The molecule has 3 rings (SSSR count). The quantitative estimate of drug-likeness (QED) is 0.707. The molecule has 3 aromatic rings. The van der Waals surface area contributed by atoms with Gasteiger partial charge in [0.25, 0.3) is 5.91 Å². The van der Waals surface area contributed by atoms with Crippen LogP contribution in [0.15, 0.2) is 53.1 Å². The first kappa shape index (κ1) is 17.4. The fraction of sp³-hybridized carbons (Fsp3) is 0.158. The van der Waals surface area contributed by atoms with Crippen LogP contribution in [0.3, 0.4) is 0 Å². The monoisotopic (exact) mass is 401 g/mol. The van der Waals surface area contributed by atoms with Crippen molar-refractivity contribution in [3.63, 3.8) is 0 Å². The number of hydrogen-bond donors (Lipinski definition) is 1. The third-order valence-electron chi connectivity index (χ3n) is 3.95. The third-order valence-corrected chi connectivity index (χ3v) is 4.44. The van der Waals surface area contributed by atoms with E-state index in [2.05, 4.69) is 26.3 Å². The average molecular weight is 402 g/mol. The summed E-state index contributed by atoms with van der Waals surface area (Å²) >= 11 is 3.30. The maximum atomic E-state index is 13.8. The summed E-state index contributed by atoms with van der Waals surface area (Å²) in [6.07, 6.45) is 1.53. The SMILES string of the molecule is Cc1cccc(-n2ncc(C(=O)NCc3cc(Br)ccc3F)c2C)c1. The van der Waals surface area contributed by atoms with Crippen LogP contribution in [-0.2, 0) is 6.54 Å². The van der Waals surface area contributed by atoms with Gasteiger partial charge in [0.05, 0.1) is 23.1 Å². The molecular formula is C19H17BrFN3O. The number of halogens is 2. The Morgan fingerprint density at radius 1 is 1.24 bits per heavy atom. The second kappa shape index (κ2) is 7.19. The van der Waals surface area contributed by atoms with Crippen molar-refractivity contribution in [1.82, 2.24) is 15.1 Å². The first-order chi connectivity index (χ1) is 12.0. The molecule has 0 saturated heterocycles. The van der Waals surface area contributed by atoms with Gasteiger partial charge in [0.15, 0.2) is 0 Å². The summed E-state index contributed by atoms with van der Waals surface area (Å²) in [5.41, 5.74) is 3.64. The van der Waals surface area contributed by atoms with Gasteiger partial charge in [-0.25, -0.2) is 9.07 Å². The molecule has 2 aromatic carbocycles. The molecule has 0 fully saturated rings. The summed E-state index contributed by atoms with van der Waals surface area (Å²) in [6, 6.07) is 12.5. The molecule has 4 nitrogen and oxygen atoms in total. The van der Waals surface area contributed by atoms with Gasteiger partial charge >= 0.3 is 0 Å². The lowest BCUT2D eigenvalue weighted by molar-refractivity contribution is 0.0950. The van der Waals surface area contributed by atoms with E-state index in [1.54, 1.807) is 16.8 Å². The maximum Gasteiger partial charge on any atom is 0.255 e. The zero-order chi connectivity index (χ0) is 18.0. The van der Waals surface area contributed by atoms with E-state index in [-0.39, 0.29) is 18.3 Å². The summed E-state index contributed by atoms with van der Waals surface area (Å²) in [5.74, 6) is -0.633. The molecule has 1 aromatic heterocycles. The number of aromatic nitrogens is 2. The molecule has 6 heteroatoms. The zero-order valence-corrected chi connectivity index (χ0v) is 15.5. The van der Waals surface area contributed by atoms with E-state index in [0.29, 0.717) is 11.1 Å². The molecule has 128 valence electrons. The van der Waals surface area contributed by atoms with Gasteiger partial charge in [0, 0.05) is 16.6 Å². The molecule has 25 heavy (non-hydrogen) atoms. The van der Waals surface area contributed by atoms with Crippen LogP contribution < -0.4 is 5.32 Å². The highest BCUT2D eigenvalue weighted by atomic mass is 79.9. The van der Waals surface area contributed by atoms with Crippen LogP contribution in [-0.4, -0.2) is 15.7 Å². The van der Waals surface area contributed by atoms with Crippen molar-refractivity contribution in [1.29, 1.82) is 0 Å². The molecule has 1 heterocycles. The largest absolute Gasteiger partial charge is 0.348 e. The van der Waals surface area contributed by atoms with E-state index in [4.69, 9.17) is 0 Å². The van der Waals surface area contributed by atoms with Gasteiger partial charge < -0.3 is 5.32 Å². The maximum absolute atomic E-state index is 13.8. The minimum atomic E-state index is -0.351. The van der Waals surface area contributed by atoms with E-state index >= 15 is 0 Å². The van der Waals surface area contributed by atoms with Gasteiger partial charge in [0.1, 0.15) is 5.82 Å². The molecule has 0 aliphatic carbocycles. The highest BCUT2D eigenvalue weighted by Gasteiger charge is 2.15. The average Bonchev–Trinajstić information content (AvgIpc) is 2.97. The number of aryl methyl sites for hydroxylation is 1. The predicted molar refractivity (Wildman–Crippen MR) is 98.3 cm³/mol. The Labute approximate surface area is 153 Å². The van der Waals surface area contributed by atoms with E-state index < -0.39 is 0 Å². The van der Waals surface area contributed by atoms with Crippen molar-refractivity contribution in [3.8, 4) is 5.69 Å². The fourth-order valence-corrected chi connectivity index (χ4v) is 3.01. The Balaban J connectivity index is 1.78. The Kier molecular flexibility index (Phi) is 4.99. The zero-order valence-electron chi connectivity index (χ0n) is 13.9. The van der Waals surface area contributed by atoms with Gasteiger partial charge in [-0.15, -0.1) is 0 Å². The smallest absolute Gasteiger partial charge is 0.255 e. The lowest BCUT2D eigenvalue weighted by Crippen LogP contribution is -2.23. The van der Waals surface area contributed by atoms with Gasteiger partial charge in [-0.05, 0) is 49.7 Å². The van der Waals surface area contributed by atoms with Gasteiger partial charge in [-0.3, -0.25) is 4.79 Å². The summed E-state index contributed by atoms with van der Waals surface area (Å²) < 4.78 is 16.3. The topological polar surface area (TPSA) is 46.9 Å². The first-order valence-corrected chi connectivity index (χ1v) is 8.59.